The Bertz CT molecular complexity index is 988. The average molecular weight is 452 g/mol. The lowest BCUT2D eigenvalue weighted by Gasteiger charge is -2.43. The van der Waals surface area contributed by atoms with E-state index in [-0.39, 0.29) is 24.5 Å². The highest BCUT2D eigenvalue weighted by atomic mass is 16.4. The van der Waals surface area contributed by atoms with E-state index in [2.05, 4.69) is 35.3 Å². The fourth-order valence-corrected chi connectivity index (χ4v) is 5.36. The first-order valence-electron chi connectivity index (χ1n) is 11.6. The Labute approximate surface area is 195 Å². The molecule has 7 nitrogen and oxygen atoms in total. The van der Waals surface area contributed by atoms with Crippen molar-refractivity contribution in [2.75, 3.05) is 24.5 Å². The van der Waals surface area contributed by atoms with Crippen LogP contribution in [0.25, 0.3) is 0 Å². The van der Waals surface area contributed by atoms with Crippen LogP contribution in [0, 0.1) is 6.92 Å². The fraction of sp³-hybridized carbons (Fsp3) is 0.462. The van der Waals surface area contributed by atoms with Crippen LogP contribution >= 0.6 is 0 Å². The number of likely N-dealkylation sites (tertiary alicyclic amines) is 1. The van der Waals surface area contributed by atoms with E-state index in [1.807, 2.05) is 41.3 Å². The van der Waals surface area contributed by atoms with Crippen LogP contribution in [0.4, 0.5) is 5.69 Å². The zero-order valence-electron chi connectivity index (χ0n) is 19.3. The second-order valence-corrected chi connectivity index (χ2v) is 9.48. The Hall–Kier alpha value is -2.90. The number of aliphatic hydroxyl groups is 1. The van der Waals surface area contributed by atoms with E-state index in [1.54, 1.807) is 0 Å². The number of hydrogen-bond donors (Lipinski definition) is 3. The predicted octanol–water partition coefficient (Wildman–Crippen LogP) is 2.73. The van der Waals surface area contributed by atoms with Crippen LogP contribution in [0.15, 0.2) is 54.6 Å². The summed E-state index contributed by atoms with van der Waals surface area (Å²) in [5.41, 5.74) is 2.30. The Morgan fingerprint density at radius 3 is 2.39 bits per heavy atom. The monoisotopic (exact) mass is 451 g/mol. The molecule has 3 N–H and O–H groups in total. The van der Waals surface area contributed by atoms with Gasteiger partial charge in [0, 0.05) is 32.2 Å². The minimum absolute atomic E-state index is 0.183. The number of carboxylic acids is 1. The predicted molar refractivity (Wildman–Crippen MR) is 127 cm³/mol. The minimum atomic E-state index is -0.994. The first kappa shape index (κ1) is 23.3. The van der Waals surface area contributed by atoms with Crippen molar-refractivity contribution in [3.8, 4) is 0 Å². The molecule has 0 unspecified atom stereocenters. The van der Waals surface area contributed by atoms with Crippen LogP contribution in [0.2, 0.25) is 0 Å². The van der Waals surface area contributed by atoms with Gasteiger partial charge in [-0.3, -0.25) is 14.5 Å². The first-order valence-corrected chi connectivity index (χ1v) is 11.6. The molecule has 4 rings (SSSR count). The Balaban J connectivity index is 1.55. The Kier molecular flexibility index (Phi) is 6.72. The van der Waals surface area contributed by atoms with E-state index in [1.165, 1.54) is 12.5 Å². The van der Waals surface area contributed by atoms with Crippen molar-refractivity contribution < 1.29 is 19.8 Å². The van der Waals surface area contributed by atoms with E-state index in [9.17, 15) is 19.8 Å². The van der Waals surface area contributed by atoms with Gasteiger partial charge in [0.2, 0.25) is 5.91 Å². The summed E-state index contributed by atoms with van der Waals surface area (Å²) in [7, 11) is 0. The van der Waals surface area contributed by atoms with Crippen molar-refractivity contribution in [2.24, 2.45) is 0 Å². The van der Waals surface area contributed by atoms with Gasteiger partial charge >= 0.3 is 5.97 Å². The maximum Gasteiger partial charge on any atom is 0.321 e. The zero-order valence-corrected chi connectivity index (χ0v) is 19.3. The number of aryl methyl sites for hydroxylation is 1. The van der Waals surface area contributed by atoms with Gasteiger partial charge in [0.1, 0.15) is 6.04 Å². The number of nitrogens with zero attached hydrogens (tertiary/aromatic N) is 2. The SMILES string of the molecule is CC(=O)N[C@H]1C[C@@H](C(=O)O)N(CC2(O)CCN(c3cccc(C)c3)CC2)[C@H]1c1ccccc1. The molecule has 7 heteroatoms. The van der Waals surface area contributed by atoms with Crippen molar-refractivity contribution in [3.05, 3.63) is 65.7 Å². The molecule has 2 fully saturated rings. The number of amides is 1. The molecule has 2 aromatic rings. The molecular formula is C26H33N3O4. The highest BCUT2D eigenvalue weighted by Crippen LogP contribution is 2.39. The van der Waals surface area contributed by atoms with E-state index in [0.29, 0.717) is 32.4 Å². The molecule has 1 amide bonds. The molecule has 0 aliphatic carbocycles. The summed E-state index contributed by atoms with van der Waals surface area (Å²) >= 11 is 0. The lowest BCUT2D eigenvalue weighted by Crippen LogP contribution is -2.53. The van der Waals surface area contributed by atoms with Crippen molar-refractivity contribution in [1.29, 1.82) is 0 Å². The molecule has 33 heavy (non-hydrogen) atoms. The number of carboxylic acid groups (broad SMARTS) is 1. The number of carbonyl (C=O) groups is 2. The third-order valence-corrected chi connectivity index (χ3v) is 6.97. The van der Waals surface area contributed by atoms with Crippen LogP contribution in [0.1, 0.15) is 43.4 Å². The number of nitrogens with one attached hydrogen (secondary N) is 1. The minimum Gasteiger partial charge on any atom is -0.480 e. The summed E-state index contributed by atoms with van der Waals surface area (Å²) in [5, 5.41) is 24.5. The number of hydrogen-bond acceptors (Lipinski definition) is 5. The number of aliphatic carboxylic acids is 1. The van der Waals surface area contributed by atoms with Crippen LogP contribution in [-0.2, 0) is 9.59 Å². The summed E-state index contributed by atoms with van der Waals surface area (Å²) in [6.07, 6.45) is 1.41. The molecule has 0 spiro atoms. The lowest BCUT2D eigenvalue weighted by atomic mass is 9.89. The first-order chi connectivity index (χ1) is 15.8. The average Bonchev–Trinajstić information content (AvgIpc) is 3.11. The normalized spacial score (nSPS) is 25.1. The molecule has 0 radical (unpaired) electrons. The number of rotatable bonds is 6. The summed E-state index contributed by atoms with van der Waals surface area (Å²) in [5.74, 6) is -1.11. The number of carbonyl (C=O) groups excluding carboxylic acids is 1. The molecule has 2 heterocycles. The van der Waals surface area contributed by atoms with Gasteiger partial charge in [-0.05, 0) is 49.4 Å². The second-order valence-electron chi connectivity index (χ2n) is 9.48. The molecular weight excluding hydrogens is 418 g/mol. The zero-order chi connectivity index (χ0) is 23.6. The van der Waals surface area contributed by atoms with Crippen molar-refractivity contribution in [3.63, 3.8) is 0 Å². The maximum absolute atomic E-state index is 12.2. The van der Waals surface area contributed by atoms with Gasteiger partial charge in [-0.15, -0.1) is 0 Å². The summed E-state index contributed by atoms with van der Waals surface area (Å²) in [4.78, 5) is 28.2. The standard InChI is InChI=1S/C26H33N3O4/c1-18-7-6-10-21(15-18)28-13-11-26(33,12-14-28)17-29-23(25(31)32)16-22(27-19(2)30)24(29)20-8-4-3-5-9-20/h3-10,15,22-24,33H,11-14,16-17H2,1-2H3,(H,27,30)(H,31,32)/t22-,23-,24-/m0/s1. The molecule has 2 aliphatic heterocycles. The number of β-amino-alcohol motifs (C(OH)–C–C–N with tert-alkyl or cyclic N) is 1. The van der Waals surface area contributed by atoms with Crippen LogP contribution in [0.3, 0.4) is 0 Å². The molecule has 2 aliphatic rings. The molecule has 0 aromatic heterocycles. The van der Waals surface area contributed by atoms with Gasteiger partial charge in [-0.2, -0.15) is 0 Å². The van der Waals surface area contributed by atoms with Gasteiger partial charge in [-0.25, -0.2) is 0 Å². The number of anilines is 1. The third kappa shape index (κ3) is 5.20. The molecule has 3 atom stereocenters. The number of piperidine rings is 1. The van der Waals surface area contributed by atoms with E-state index < -0.39 is 17.6 Å². The van der Waals surface area contributed by atoms with Gasteiger partial charge < -0.3 is 20.4 Å². The molecule has 0 bridgehead atoms. The fourth-order valence-electron chi connectivity index (χ4n) is 5.36. The molecule has 2 saturated heterocycles. The van der Waals surface area contributed by atoms with Crippen LogP contribution in [0.5, 0.6) is 0 Å². The van der Waals surface area contributed by atoms with Crippen molar-refractivity contribution in [2.45, 2.75) is 56.8 Å². The molecule has 2 aromatic carbocycles. The van der Waals surface area contributed by atoms with Crippen molar-refractivity contribution in [1.82, 2.24) is 10.2 Å². The molecule has 176 valence electrons. The van der Waals surface area contributed by atoms with E-state index >= 15 is 0 Å². The summed E-state index contributed by atoms with van der Waals surface area (Å²) in [6.45, 7) is 5.18. The van der Waals surface area contributed by atoms with E-state index in [4.69, 9.17) is 0 Å². The molecule has 0 saturated carbocycles. The second kappa shape index (κ2) is 9.53. The van der Waals surface area contributed by atoms with Crippen LogP contribution in [-0.4, -0.2) is 64.3 Å². The lowest BCUT2D eigenvalue weighted by molar-refractivity contribution is -0.144. The highest BCUT2D eigenvalue weighted by molar-refractivity contribution is 5.76. The highest BCUT2D eigenvalue weighted by Gasteiger charge is 2.49. The smallest absolute Gasteiger partial charge is 0.321 e. The summed E-state index contributed by atoms with van der Waals surface area (Å²) in [6, 6.07) is 16.6. The van der Waals surface area contributed by atoms with Gasteiger partial charge in [0.15, 0.2) is 0 Å². The number of benzene rings is 2. The summed E-state index contributed by atoms with van der Waals surface area (Å²) < 4.78 is 0. The third-order valence-electron chi connectivity index (χ3n) is 6.97. The Morgan fingerprint density at radius 2 is 1.79 bits per heavy atom. The van der Waals surface area contributed by atoms with Gasteiger partial charge in [0.05, 0.1) is 17.7 Å². The quantitative estimate of drug-likeness (QED) is 0.625. The van der Waals surface area contributed by atoms with Crippen LogP contribution < -0.4 is 10.2 Å². The Morgan fingerprint density at radius 1 is 1.09 bits per heavy atom. The largest absolute Gasteiger partial charge is 0.480 e. The van der Waals surface area contributed by atoms with Crippen molar-refractivity contribution >= 4 is 17.6 Å². The topological polar surface area (TPSA) is 93.1 Å². The van der Waals surface area contributed by atoms with Gasteiger partial charge in [0.25, 0.3) is 0 Å². The van der Waals surface area contributed by atoms with E-state index in [0.717, 1.165) is 11.3 Å². The van der Waals surface area contributed by atoms with Gasteiger partial charge in [-0.1, -0.05) is 42.5 Å². The maximum atomic E-state index is 12.2.